The van der Waals surface area contributed by atoms with Crippen molar-refractivity contribution in [2.75, 3.05) is 0 Å². The van der Waals surface area contributed by atoms with E-state index in [9.17, 15) is 8.42 Å². The van der Waals surface area contributed by atoms with E-state index in [4.69, 9.17) is 0 Å². The van der Waals surface area contributed by atoms with E-state index in [2.05, 4.69) is 16.5 Å². The number of benzene rings is 1. The minimum Gasteiger partial charge on any atom is -0.197 e. The average Bonchev–Trinajstić information content (AvgIpc) is 2.06. The van der Waals surface area contributed by atoms with E-state index in [1.54, 1.807) is 18.2 Å². The van der Waals surface area contributed by atoms with Crippen LogP contribution in [0, 0.1) is 0 Å². The van der Waals surface area contributed by atoms with Gasteiger partial charge in [-0.25, -0.2) is 0 Å². The summed E-state index contributed by atoms with van der Waals surface area (Å²) >= 11 is 3.22. The van der Waals surface area contributed by atoms with Gasteiger partial charge >= 0.3 is 10.1 Å². The van der Waals surface area contributed by atoms with Crippen molar-refractivity contribution in [2.24, 2.45) is 0 Å². The summed E-state index contributed by atoms with van der Waals surface area (Å²) in [6.07, 6.45) is 0. The zero-order chi connectivity index (χ0) is 8.32. The molecule has 0 N–H and O–H groups in total. The lowest BCUT2D eigenvalue weighted by Gasteiger charge is -1.97. The Labute approximate surface area is 70.7 Å². The molecule has 1 aromatic carbocycles. The maximum absolute atomic E-state index is 10.9. The van der Waals surface area contributed by atoms with Crippen LogP contribution in [-0.4, -0.2) is 8.42 Å². The highest BCUT2D eigenvalue weighted by Gasteiger charge is 2.11. The molecule has 5 heteroatoms. The molecule has 0 heterocycles. The van der Waals surface area contributed by atoms with Crippen molar-refractivity contribution in [2.45, 2.75) is 4.90 Å². The molecule has 0 spiro atoms. The van der Waals surface area contributed by atoms with Crippen LogP contribution >= 0.6 is 12.9 Å². The second-order valence-corrected chi connectivity index (χ2v) is 3.82. The zero-order valence-electron chi connectivity index (χ0n) is 5.47. The molecule has 1 rings (SSSR count). The summed E-state index contributed by atoms with van der Waals surface area (Å²) in [6.45, 7) is 0. The first-order chi connectivity index (χ1) is 5.17. The number of rotatable bonds is 2. The Hall–Kier alpha value is -0.520. The summed E-state index contributed by atoms with van der Waals surface area (Å²) in [6, 6.07) is 7.81. The number of hydrogen-bond donors (Lipinski definition) is 1. The van der Waals surface area contributed by atoms with Crippen LogP contribution in [-0.2, 0) is 13.7 Å². The molecule has 0 bridgehead atoms. The second kappa shape index (κ2) is 3.25. The van der Waals surface area contributed by atoms with Gasteiger partial charge < -0.3 is 0 Å². The molecule has 11 heavy (non-hydrogen) atoms. The predicted octanol–water partition coefficient (Wildman–Crippen LogP) is 1.24. The van der Waals surface area contributed by atoms with E-state index in [0.29, 0.717) is 0 Å². The standard InChI is InChI=1S/C6H6O3S2/c7-11(8,9-10)6-4-2-1-3-5-6/h1-5,10H. The second-order valence-electron chi connectivity index (χ2n) is 1.84. The molecule has 0 aromatic heterocycles. The lowest BCUT2D eigenvalue weighted by Crippen LogP contribution is -1.98. The molecule has 0 fully saturated rings. The summed E-state index contributed by atoms with van der Waals surface area (Å²) in [5.41, 5.74) is 0. The summed E-state index contributed by atoms with van der Waals surface area (Å²) in [5, 5.41) is 0. The topological polar surface area (TPSA) is 43.4 Å². The molecule has 0 saturated heterocycles. The molecule has 0 saturated carbocycles. The lowest BCUT2D eigenvalue weighted by atomic mass is 10.4. The SMILES string of the molecule is O=S(=O)(OS)c1ccccc1. The van der Waals surface area contributed by atoms with E-state index in [1.165, 1.54) is 12.1 Å². The maximum atomic E-state index is 10.9. The Bertz CT molecular complexity index is 317. The summed E-state index contributed by atoms with van der Waals surface area (Å²) in [7, 11) is -3.63. The van der Waals surface area contributed by atoms with Gasteiger partial charge in [-0.05, 0) is 25.0 Å². The van der Waals surface area contributed by atoms with Crippen LogP contribution in [0.5, 0.6) is 0 Å². The molecule has 0 atom stereocenters. The van der Waals surface area contributed by atoms with E-state index in [-0.39, 0.29) is 4.90 Å². The van der Waals surface area contributed by atoms with Crippen LogP contribution in [0.1, 0.15) is 0 Å². The predicted molar refractivity (Wildman–Crippen MR) is 43.7 cm³/mol. The third kappa shape index (κ3) is 1.95. The molecular formula is C6H6O3S2. The normalized spacial score (nSPS) is 11.4. The van der Waals surface area contributed by atoms with E-state index < -0.39 is 10.1 Å². The van der Waals surface area contributed by atoms with Crippen LogP contribution in [0.2, 0.25) is 0 Å². The van der Waals surface area contributed by atoms with Crippen molar-refractivity contribution in [3.05, 3.63) is 30.3 Å². The van der Waals surface area contributed by atoms with Gasteiger partial charge in [0.2, 0.25) is 0 Å². The number of hydrogen-bond acceptors (Lipinski definition) is 4. The van der Waals surface area contributed by atoms with Crippen molar-refractivity contribution >= 4 is 23.0 Å². The minimum absolute atomic E-state index is 0.106. The molecule has 0 aliphatic heterocycles. The van der Waals surface area contributed by atoms with Crippen LogP contribution < -0.4 is 0 Å². The molecule has 0 aliphatic rings. The van der Waals surface area contributed by atoms with Gasteiger partial charge in [0, 0.05) is 0 Å². The maximum Gasteiger partial charge on any atom is 0.307 e. The zero-order valence-corrected chi connectivity index (χ0v) is 7.18. The number of thiol groups is 1. The first-order valence-electron chi connectivity index (χ1n) is 2.80. The van der Waals surface area contributed by atoms with Gasteiger partial charge in [0.1, 0.15) is 0 Å². The van der Waals surface area contributed by atoms with Crippen molar-refractivity contribution in [3.63, 3.8) is 0 Å². The molecule has 1 aromatic rings. The van der Waals surface area contributed by atoms with Crippen LogP contribution in [0.25, 0.3) is 0 Å². The third-order valence-electron chi connectivity index (χ3n) is 1.13. The van der Waals surface area contributed by atoms with Gasteiger partial charge in [-0.1, -0.05) is 18.2 Å². The van der Waals surface area contributed by atoms with E-state index in [1.807, 2.05) is 0 Å². The van der Waals surface area contributed by atoms with Crippen LogP contribution in [0.3, 0.4) is 0 Å². The van der Waals surface area contributed by atoms with Crippen LogP contribution in [0.15, 0.2) is 35.2 Å². The quantitative estimate of drug-likeness (QED) is 0.563. The first kappa shape index (κ1) is 8.58. The van der Waals surface area contributed by atoms with Gasteiger partial charge in [0.15, 0.2) is 0 Å². The average molecular weight is 190 g/mol. The largest absolute Gasteiger partial charge is 0.307 e. The fourth-order valence-electron chi connectivity index (χ4n) is 0.630. The molecule has 0 amide bonds. The Morgan fingerprint density at radius 3 is 2.18 bits per heavy atom. The van der Waals surface area contributed by atoms with Crippen molar-refractivity contribution in [1.82, 2.24) is 0 Å². The molecular weight excluding hydrogens is 184 g/mol. The minimum atomic E-state index is -3.63. The third-order valence-corrected chi connectivity index (χ3v) is 2.76. The Balaban J connectivity index is 3.14. The smallest absolute Gasteiger partial charge is 0.197 e. The van der Waals surface area contributed by atoms with Crippen molar-refractivity contribution in [1.29, 1.82) is 0 Å². The highest BCUT2D eigenvalue weighted by molar-refractivity contribution is 7.95. The molecule has 0 radical (unpaired) electrons. The molecule has 0 aliphatic carbocycles. The summed E-state index contributed by atoms with van der Waals surface area (Å²) < 4.78 is 25.8. The fourth-order valence-corrected chi connectivity index (χ4v) is 1.46. The molecule has 0 unspecified atom stereocenters. The summed E-state index contributed by atoms with van der Waals surface area (Å²) in [5.74, 6) is 0. The Kier molecular flexibility index (Phi) is 2.53. The van der Waals surface area contributed by atoms with E-state index in [0.717, 1.165) is 0 Å². The van der Waals surface area contributed by atoms with Gasteiger partial charge in [-0.15, -0.1) is 0 Å². The van der Waals surface area contributed by atoms with E-state index >= 15 is 0 Å². The first-order valence-corrected chi connectivity index (χ1v) is 4.57. The monoisotopic (exact) mass is 190 g/mol. The Morgan fingerprint density at radius 1 is 1.18 bits per heavy atom. The van der Waals surface area contributed by atoms with Gasteiger partial charge in [-0.2, -0.15) is 12.0 Å². The highest BCUT2D eigenvalue weighted by Crippen LogP contribution is 2.11. The highest BCUT2D eigenvalue weighted by atomic mass is 32.3. The van der Waals surface area contributed by atoms with Crippen molar-refractivity contribution < 1.29 is 12.0 Å². The molecule has 3 nitrogen and oxygen atoms in total. The van der Waals surface area contributed by atoms with Gasteiger partial charge in [0.05, 0.1) is 4.90 Å². The van der Waals surface area contributed by atoms with Gasteiger partial charge in [0.25, 0.3) is 0 Å². The lowest BCUT2D eigenvalue weighted by molar-refractivity contribution is 0.521. The Morgan fingerprint density at radius 2 is 1.73 bits per heavy atom. The van der Waals surface area contributed by atoms with Crippen molar-refractivity contribution in [3.8, 4) is 0 Å². The summed E-state index contributed by atoms with van der Waals surface area (Å²) in [4.78, 5) is 0.106. The van der Waals surface area contributed by atoms with Crippen LogP contribution in [0.4, 0.5) is 0 Å². The molecule has 60 valence electrons. The van der Waals surface area contributed by atoms with Gasteiger partial charge in [-0.3, -0.25) is 0 Å². The fraction of sp³-hybridized carbons (Fsp3) is 0.